The van der Waals surface area contributed by atoms with Gasteiger partial charge in [-0.15, -0.1) is 0 Å². The third-order valence-corrected chi connectivity index (χ3v) is 2.68. The van der Waals surface area contributed by atoms with Crippen molar-refractivity contribution in [3.05, 3.63) is 0 Å². The quantitative estimate of drug-likeness (QED) is 0.593. The zero-order chi connectivity index (χ0) is 14.9. The lowest BCUT2D eigenvalue weighted by molar-refractivity contribution is 0.144. The normalized spacial score (nSPS) is 9.68. The van der Waals surface area contributed by atoms with E-state index in [-0.39, 0.29) is 0 Å². The Balaban J connectivity index is 0. The van der Waals surface area contributed by atoms with Crippen molar-refractivity contribution in [2.24, 2.45) is 0 Å². The summed E-state index contributed by atoms with van der Waals surface area (Å²) in [6.45, 7) is 12.2. The van der Waals surface area contributed by atoms with Crippen LogP contribution in [0.4, 0.5) is 4.79 Å². The molecule has 0 unspecified atom stereocenters. The van der Waals surface area contributed by atoms with Crippen LogP contribution in [0.25, 0.3) is 0 Å². The van der Waals surface area contributed by atoms with Gasteiger partial charge in [-0.3, -0.25) is 0 Å². The van der Waals surface area contributed by atoms with Crippen molar-refractivity contribution in [2.45, 2.75) is 66.2 Å². The van der Waals surface area contributed by atoms with Gasteiger partial charge in [0.05, 0.1) is 0 Å². The summed E-state index contributed by atoms with van der Waals surface area (Å²) in [5, 5.41) is 12.0. The molecule has 0 aliphatic heterocycles. The molecule has 4 nitrogen and oxygen atoms in total. The first-order chi connectivity index (χ1) is 9.13. The Hall–Kier alpha value is -0.770. The summed E-state index contributed by atoms with van der Waals surface area (Å²) in [4.78, 5) is 12.0. The average molecular weight is 274 g/mol. The zero-order valence-electron chi connectivity index (χ0n) is 13.4. The number of amides is 1. The SMILES string of the molecule is CCCCN(CCC)C(=O)O.CCCCNCCC. The maximum absolute atomic E-state index is 10.5. The van der Waals surface area contributed by atoms with Crippen molar-refractivity contribution in [2.75, 3.05) is 26.2 Å². The number of nitrogens with one attached hydrogen (secondary N) is 1. The predicted octanol–water partition coefficient (Wildman–Crippen LogP) is 3.96. The Labute approximate surface area is 119 Å². The Morgan fingerprint density at radius 3 is 1.95 bits per heavy atom. The Kier molecular flexibility index (Phi) is 18.6. The summed E-state index contributed by atoms with van der Waals surface area (Å²) in [7, 11) is 0. The van der Waals surface area contributed by atoms with Crippen LogP contribution in [0.3, 0.4) is 0 Å². The smallest absolute Gasteiger partial charge is 0.407 e. The first kappa shape index (κ1) is 20.5. The first-order valence-electron chi connectivity index (χ1n) is 7.82. The van der Waals surface area contributed by atoms with E-state index in [9.17, 15) is 4.79 Å². The summed E-state index contributed by atoms with van der Waals surface area (Å²) in [6.07, 6.45) is 6.00. The number of carboxylic acid groups (broad SMARTS) is 1. The van der Waals surface area contributed by atoms with E-state index in [0.29, 0.717) is 13.1 Å². The van der Waals surface area contributed by atoms with E-state index in [1.165, 1.54) is 37.3 Å². The molecule has 0 aliphatic rings. The number of nitrogens with zero attached hydrogens (tertiary/aromatic N) is 1. The highest BCUT2D eigenvalue weighted by Gasteiger charge is 2.07. The highest BCUT2D eigenvalue weighted by Crippen LogP contribution is 1.96. The maximum atomic E-state index is 10.5. The summed E-state index contributed by atoms with van der Waals surface area (Å²) in [5.41, 5.74) is 0. The molecule has 0 rings (SSSR count). The number of unbranched alkanes of at least 4 members (excludes halogenated alkanes) is 2. The first-order valence-corrected chi connectivity index (χ1v) is 7.82. The van der Waals surface area contributed by atoms with E-state index < -0.39 is 6.09 Å². The lowest BCUT2D eigenvalue weighted by atomic mass is 10.3. The highest BCUT2D eigenvalue weighted by molar-refractivity contribution is 5.64. The second-order valence-electron chi connectivity index (χ2n) is 4.73. The lowest BCUT2D eigenvalue weighted by Crippen LogP contribution is -2.30. The van der Waals surface area contributed by atoms with Crippen molar-refractivity contribution in [1.29, 1.82) is 0 Å². The molecular formula is C15H34N2O2. The molecule has 4 heteroatoms. The van der Waals surface area contributed by atoms with E-state index >= 15 is 0 Å². The van der Waals surface area contributed by atoms with Gasteiger partial charge in [0, 0.05) is 13.1 Å². The van der Waals surface area contributed by atoms with Crippen molar-refractivity contribution in [3.8, 4) is 0 Å². The van der Waals surface area contributed by atoms with E-state index in [1.807, 2.05) is 6.92 Å². The molecule has 0 fully saturated rings. The van der Waals surface area contributed by atoms with Gasteiger partial charge in [0.15, 0.2) is 0 Å². The number of rotatable bonds is 10. The third-order valence-electron chi connectivity index (χ3n) is 2.68. The fourth-order valence-corrected chi connectivity index (χ4v) is 1.53. The van der Waals surface area contributed by atoms with Crippen LogP contribution in [-0.4, -0.2) is 42.3 Å². The van der Waals surface area contributed by atoms with Crippen LogP contribution in [0.15, 0.2) is 0 Å². The van der Waals surface area contributed by atoms with Crippen molar-refractivity contribution >= 4 is 6.09 Å². The maximum Gasteiger partial charge on any atom is 0.407 e. The van der Waals surface area contributed by atoms with Gasteiger partial charge in [0.2, 0.25) is 0 Å². The molecule has 0 aliphatic carbocycles. The molecule has 0 radical (unpaired) electrons. The minimum absolute atomic E-state index is 0.662. The van der Waals surface area contributed by atoms with Gasteiger partial charge in [-0.05, 0) is 38.8 Å². The fourth-order valence-electron chi connectivity index (χ4n) is 1.53. The van der Waals surface area contributed by atoms with Crippen LogP contribution in [0.2, 0.25) is 0 Å². The fraction of sp³-hybridized carbons (Fsp3) is 0.933. The Morgan fingerprint density at radius 2 is 1.53 bits per heavy atom. The molecule has 0 aromatic heterocycles. The molecule has 19 heavy (non-hydrogen) atoms. The largest absolute Gasteiger partial charge is 0.465 e. The van der Waals surface area contributed by atoms with E-state index in [2.05, 4.69) is 26.1 Å². The molecule has 0 bridgehead atoms. The van der Waals surface area contributed by atoms with Crippen LogP contribution in [0.5, 0.6) is 0 Å². The summed E-state index contributed by atoms with van der Waals surface area (Å²) < 4.78 is 0. The lowest BCUT2D eigenvalue weighted by Gasteiger charge is -2.17. The topological polar surface area (TPSA) is 52.6 Å². The predicted molar refractivity (Wildman–Crippen MR) is 82.9 cm³/mol. The number of hydrogen-bond acceptors (Lipinski definition) is 2. The Bertz CT molecular complexity index is 181. The van der Waals surface area contributed by atoms with Crippen LogP contribution in [-0.2, 0) is 0 Å². The molecule has 2 N–H and O–H groups in total. The molecule has 0 saturated carbocycles. The van der Waals surface area contributed by atoms with Gasteiger partial charge >= 0.3 is 6.09 Å². The highest BCUT2D eigenvalue weighted by atomic mass is 16.4. The number of hydrogen-bond donors (Lipinski definition) is 2. The van der Waals surface area contributed by atoms with Crippen LogP contribution in [0.1, 0.15) is 66.2 Å². The van der Waals surface area contributed by atoms with Gasteiger partial charge in [-0.1, -0.05) is 40.5 Å². The molecule has 0 aromatic carbocycles. The molecular weight excluding hydrogens is 240 g/mol. The summed E-state index contributed by atoms with van der Waals surface area (Å²) >= 11 is 0. The van der Waals surface area contributed by atoms with Crippen molar-refractivity contribution in [1.82, 2.24) is 10.2 Å². The van der Waals surface area contributed by atoms with Gasteiger partial charge in [0.1, 0.15) is 0 Å². The van der Waals surface area contributed by atoms with Gasteiger partial charge in [0.25, 0.3) is 0 Å². The van der Waals surface area contributed by atoms with Crippen molar-refractivity contribution < 1.29 is 9.90 Å². The van der Waals surface area contributed by atoms with Gasteiger partial charge in [-0.25, -0.2) is 4.79 Å². The minimum atomic E-state index is -0.791. The standard InChI is InChI=1S/C8H17NO2.C7H17N/c1-3-5-7-9(6-4-2)8(10)11;1-3-5-7-8-6-4-2/h3-7H2,1-2H3,(H,10,11);8H,3-7H2,1-2H3. The van der Waals surface area contributed by atoms with Crippen molar-refractivity contribution in [3.63, 3.8) is 0 Å². The zero-order valence-corrected chi connectivity index (χ0v) is 13.4. The second kappa shape index (κ2) is 17.2. The van der Waals surface area contributed by atoms with Crippen LogP contribution in [0, 0.1) is 0 Å². The van der Waals surface area contributed by atoms with Crippen LogP contribution >= 0.6 is 0 Å². The summed E-state index contributed by atoms with van der Waals surface area (Å²) in [5.74, 6) is 0. The summed E-state index contributed by atoms with van der Waals surface area (Å²) in [6, 6.07) is 0. The molecule has 0 atom stereocenters. The molecule has 0 spiro atoms. The van der Waals surface area contributed by atoms with Gasteiger partial charge in [-0.2, -0.15) is 0 Å². The molecule has 0 heterocycles. The monoisotopic (exact) mass is 274 g/mol. The third kappa shape index (κ3) is 17.2. The molecule has 0 saturated heterocycles. The molecule has 1 amide bonds. The Morgan fingerprint density at radius 1 is 0.895 bits per heavy atom. The van der Waals surface area contributed by atoms with E-state index in [0.717, 1.165) is 19.3 Å². The molecule has 116 valence electrons. The second-order valence-corrected chi connectivity index (χ2v) is 4.73. The molecule has 0 aromatic rings. The van der Waals surface area contributed by atoms with Gasteiger partial charge < -0.3 is 15.3 Å². The van der Waals surface area contributed by atoms with E-state index in [4.69, 9.17) is 5.11 Å². The van der Waals surface area contributed by atoms with E-state index in [1.54, 1.807) is 0 Å². The average Bonchev–Trinajstić information content (AvgIpc) is 2.40. The van der Waals surface area contributed by atoms with Crippen LogP contribution < -0.4 is 5.32 Å². The minimum Gasteiger partial charge on any atom is -0.465 e. The number of carbonyl (C=O) groups is 1.